The summed E-state index contributed by atoms with van der Waals surface area (Å²) in [5.74, 6) is 0.578. The number of fused-ring (bicyclic) bond motifs is 2. The molecule has 182 valence electrons. The average molecular weight is 485 g/mol. The van der Waals surface area contributed by atoms with Gasteiger partial charge in [0.2, 0.25) is 0 Å². The van der Waals surface area contributed by atoms with Crippen molar-refractivity contribution in [3.05, 3.63) is 103 Å². The summed E-state index contributed by atoms with van der Waals surface area (Å²) >= 11 is 0. The maximum absolute atomic E-state index is 4.96. The van der Waals surface area contributed by atoms with Crippen LogP contribution < -0.4 is 0 Å². The predicted molar refractivity (Wildman–Crippen MR) is 147 cm³/mol. The Hall–Kier alpha value is -4.16. The average Bonchev–Trinajstić information content (AvgIpc) is 3.60. The molecule has 0 spiro atoms. The number of likely N-dealkylation sites (tertiary alicyclic amines) is 1. The minimum Gasteiger partial charge on any atom is -0.299 e. The molecule has 0 N–H and O–H groups in total. The lowest BCUT2D eigenvalue weighted by Crippen LogP contribution is -2.36. The Morgan fingerprint density at radius 3 is 2.46 bits per heavy atom. The molecule has 5 aromatic rings. The number of piperidine rings is 1. The molecule has 0 saturated carbocycles. The Kier molecular flexibility index (Phi) is 5.59. The van der Waals surface area contributed by atoms with Gasteiger partial charge in [0.05, 0.1) is 23.3 Å². The molecule has 0 atom stereocenters. The molecule has 37 heavy (non-hydrogen) atoms. The van der Waals surface area contributed by atoms with E-state index in [0.29, 0.717) is 5.92 Å². The van der Waals surface area contributed by atoms with Crippen LogP contribution in [0.5, 0.6) is 0 Å². The number of aliphatic imine (C=N–C) groups is 1. The standard InChI is InChI=1S/C31H28N6/c1-2-5-23(6-3-1)26-21-37-30(12-16-33-37)35-31(26)25-10-8-22(9-11-25)20-36-17-13-24(14-18-36)28-19-29-27(34-28)7-4-15-32-29/h1-12,15-16,21,24H,13-14,17-20H2. The van der Waals surface area contributed by atoms with Crippen molar-refractivity contribution >= 4 is 17.0 Å². The number of hydrogen-bond donors (Lipinski definition) is 0. The summed E-state index contributed by atoms with van der Waals surface area (Å²) < 4.78 is 1.84. The molecule has 2 aliphatic heterocycles. The van der Waals surface area contributed by atoms with Crippen LogP contribution in [0.15, 0.2) is 96.4 Å². The van der Waals surface area contributed by atoms with E-state index in [1.165, 1.54) is 24.1 Å². The monoisotopic (exact) mass is 484 g/mol. The lowest BCUT2D eigenvalue weighted by Gasteiger charge is -2.32. The third-order valence-electron chi connectivity index (χ3n) is 7.64. The third-order valence-corrected chi connectivity index (χ3v) is 7.64. The minimum atomic E-state index is 0.578. The molecule has 0 bridgehead atoms. The van der Waals surface area contributed by atoms with Crippen LogP contribution >= 0.6 is 0 Å². The highest BCUT2D eigenvalue weighted by Gasteiger charge is 2.27. The van der Waals surface area contributed by atoms with E-state index in [2.05, 4.69) is 75.8 Å². The fraction of sp³-hybridized carbons (Fsp3) is 0.226. The van der Waals surface area contributed by atoms with Crippen molar-refractivity contribution in [1.29, 1.82) is 0 Å². The van der Waals surface area contributed by atoms with Gasteiger partial charge in [-0.15, -0.1) is 0 Å². The van der Waals surface area contributed by atoms with Crippen LogP contribution in [-0.4, -0.2) is 43.3 Å². The molecule has 2 aliphatic rings. The highest BCUT2D eigenvalue weighted by atomic mass is 15.2. The van der Waals surface area contributed by atoms with Crippen LogP contribution in [0.4, 0.5) is 5.69 Å². The van der Waals surface area contributed by atoms with E-state index in [9.17, 15) is 0 Å². The molecule has 6 nitrogen and oxygen atoms in total. The van der Waals surface area contributed by atoms with Crippen LogP contribution in [0.2, 0.25) is 0 Å². The molecule has 3 aromatic heterocycles. The quantitative estimate of drug-likeness (QED) is 0.307. The summed E-state index contributed by atoms with van der Waals surface area (Å²) in [6.07, 6.45) is 9.00. The van der Waals surface area contributed by atoms with Gasteiger partial charge in [-0.1, -0.05) is 54.6 Å². The van der Waals surface area contributed by atoms with Crippen molar-refractivity contribution in [2.45, 2.75) is 25.8 Å². The zero-order valence-electron chi connectivity index (χ0n) is 20.7. The zero-order chi connectivity index (χ0) is 24.6. The van der Waals surface area contributed by atoms with Crippen LogP contribution in [-0.2, 0) is 13.0 Å². The first-order valence-electron chi connectivity index (χ1n) is 13.0. The number of hydrogen-bond acceptors (Lipinski definition) is 5. The normalized spacial score (nSPS) is 16.2. The largest absolute Gasteiger partial charge is 0.299 e. The summed E-state index contributed by atoms with van der Waals surface area (Å²) in [5.41, 5.74) is 10.1. The van der Waals surface area contributed by atoms with Crippen LogP contribution in [0.3, 0.4) is 0 Å². The van der Waals surface area contributed by atoms with Gasteiger partial charge in [-0.25, -0.2) is 9.50 Å². The first-order valence-corrected chi connectivity index (χ1v) is 13.0. The van der Waals surface area contributed by atoms with Gasteiger partial charge in [-0.3, -0.25) is 14.9 Å². The third kappa shape index (κ3) is 4.34. The smallest absolute Gasteiger partial charge is 0.155 e. The predicted octanol–water partition coefficient (Wildman–Crippen LogP) is 6.00. The zero-order valence-corrected chi connectivity index (χ0v) is 20.7. The fourth-order valence-corrected chi connectivity index (χ4v) is 5.62. The molecule has 0 radical (unpaired) electrons. The topological polar surface area (TPSA) is 58.7 Å². The van der Waals surface area contributed by atoms with Gasteiger partial charge in [0, 0.05) is 54.2 Å². The minimum absolute atomic E-state index is 0.578. The molecule has 2 aromatic carbocycles. The number of nitrogens with zero attached hydrogens (tertiary/aromatic N) is 6. The fourth-order valence-electron chi connectivity index (χ4n) is 5.62. The van der Waals surface area contributed by atoms with E-state index in [1.807, 2.05) is 28.9 Å². The second-order valence-electron chi connectivity index (χ2n) is 10.00. The lowest BCUT2D eigenvalue weighted by molar-refractivity contribution is 0.201. The van der Waals surface area contributed by atoms with Crippen molar-refractivity contribution in [2.75, 3.05) is 13.1 Å². The number of pyridine rings is 1. The Balaban J connectivity index is 1.05. The maximum Gasteiger partial charge on any atom is 0.155 e. The van der Waals surface area contributed by atoms with Crippen LogP contribution in [0.1, 0.15) is 24.1 Å². The van der Waals surface area contributed by atoms with E-state index < -0.39 is 0 Å². The van der Waals surface area contributed by atoms with Gasteiger partial charge in [-0.2, -0.15) is 5.10 Å². The highest BCUT2D eigenvalue weighted by Crippen LogP contribution is 2.33. The summed E-state index contributed by atoms with van der Waals surface area (Å²) in [7, 11) is 0. The Morgan fingerprint density at radius 1 is 0.811 bits per heavy atom. The van der Waals surface area contributed by atoms with Gasteiger partial charge >= 0.3 is 0 Å². The summed E-state index contributed by atoms with van der Waals surface area (Å²) in [6, 6.07) is 25.3. The molecule has 1 saturated heterocycles. The molecule has 0 unspecified atom stereocenters. The van der Waals surface area contributed by atoms with Crippen molar-refractivity contribution in [3.8, 4) is 22.4 Å². The van der Waals surface area contributed by atoms with Crippen molar-refractivity contribution < 1.29 is 0 Å². The first-order chi connectivity index (χ1) is 18.3. The molecule has 1 fully saturated rings. The molecular weight excluding hydrogens is 456 g/mol. The van der Waals surface area contributed by atoms with E-state index >= 15 is 0 Å². The summed E-state index contributed by atoms with van der Waals surface area (Å²) in [4.78, 5) is 16.9. The number of aromatic nitrogens is 4. The maximum atomic E-state index is 4.96. The molecule has 7 rings (SSSR count). The Bertz CT molecular complexity index is 1580. The van der Waals surface area contributed by atoms with Crippen molar-refractivity contribution in [2.24, 2.45) is 10.9 Å². The Morgan fingerprint density at radius 2 is 1.65 bits per heavy atom. The van der Waals surface area contributed by atoms with E-state index in [4.69, 9.17) is 9.98 Å². The number of rotatable bonds is 5. The van der Waals surface area contributed by atoms with E-state index in [1.54, 1.807) is 6.20 Å². The van der Waals surface area contributed by atoms with Crippen LogP contribution in [0.25, 0.3) is 28.0 Å². The second-order valence-corrected chi connectivity index (χ2v) is 10.00. The summed E-state index contributed by atoms with van der Waals surface area (Å²) in [6.45, 7) is 3.18. The van der Waals surface area contributed by atoms with Gasteiger partial charge in [-0.05, 0) is 49.2 Å². The van der Waals surface area contributed by atoms with Gasteiger partial charge < -0.3 is 0 Å². The molecule has 5 heterocycles. The second kappa shape index (κ2) is 9.37. The van der Waals surface area contributed by atoms with Crippen molar-refractivity contribution in [3.63, 3.8) is 0 Å². The number of benzene rings is 2. The van der Waals surface area contributed by atoms with Crippen LogP contribution in [0, 0.1) is 5.92 Å². The van der Waals surface area contributed by atoms with Crippen molar-refractivity contribution in [1.82, 2.24) is 24.5 Å². The SMILES string of the molecule is c1ccc(-c2cn3nccc3nc2-c2ccc(CN3CCC(C4=Nc5cccnc5C4)CC3)cc2)cc1. The first kappa shape index (κ1) is 22.1. The molecule has 0 amide bonds. The van der Waals surface area contributed by atoms with Gasteiger partial charge in [0.1, 0.15) is 0 Å². The van der Waals surface area contributed by atoms with E-state index in [-0.39, 0.29) is 0 Å². The molecular formula is C31H28N6. The lowest BCUT2D eigenvalue weighted by atomic mass is 9.90. The summed E-state index contributed by atoms with van der Waals surface area (Å²) in [5, 5.41) is 4.40. The van der Waals surface area contributed by atoms with E-state index in [0.717, 1.165) is 65.5 Å². The molecule has 6 heteroatoms. The highest BCUT2D eigenvalue weighted by molar-refractivity contribution is 5.95. The Labute approximate surface area is 216 Å². The van der Waals surface area contributed by atoms with Gasteiger partial charge in [0.25, 0.3) is 0 Å². The molecule has 0 aliphatic carbocycles. The van der Waals surface area contributed by atoms with Gasteiger partial charge in [0.15, 0.2) is 5.65 Å².